The minimum atomic E-state index is -4.91. The van der Waals surface area contributed by atoms with E-state index >= 15 is 0 Å². The molecule has 5 heteroatoms. The van der Waals surface area contributed by atoms with Gasteiger partial charge in [0.2, 0.25) is 0 Å². The number of alkyl halides is 3. The molecular formula is C30H38F4O. The summed E-state index contributed by atoms with van der Waals surface area (Å²) in [5, 5.41) is 0. The second-order valence-corrected chi connectivity index (χ2v) is 10.7. The number of rotatable bonds is 9. The molecule has 4 rings (SSSR count). The third kappa shape index (κ3) is 7.24. The quantitative estimate of drug-likeness (QED) is 0.251. The van der Waals surface area contributed by atoms with Crippen molar-refractivity contribution in [3.63, 3.8) is 0 Å². The molecule has 2 aromatic rings. The molecule has 0 bridgehead atoms. The van der Waals surface area contributed by atoms with Crippen molar-refractivity contribution >= 4 is 0 Å². The lowest BCUT2D eigenvalue weighted by atomic mass is 9.63. The second kappa shape index (κ2) is 11.8. The zero-order chi connectivity index (χ0) is 24.8. The van der Waals surface area contributed by atoms with Gasteiger partial charge < -0.3 is 4.74 Å². The Balaban J connectivity index is 1.30. The van der Waals surface area contributed by atoms with Crippen molar-refractivity contribution in [2.45, 2.75) is 96.3 Å². The van der Waals surface area contributed by atoms with Crippen LogP contribution < -0.4 is 4.74 Å². The Hall–Kier alpha value is -2.04. The van der Waals surface area contributed by atoms with E-state index in [0.29, 0.717) is 11.5 Å². The molecule has 1 nitrogen and oxygen atoms in total. The Kier molecular flexibility index (Phi) is 8.77. The Labute approximate surface area is 207 Å². The SMILES string of the molecule is CCCCCCCC1CCC2CC(c3ccc(-c4ccc(OC(F)(F)F)c(F)c4)cc3)CCC2C1. The van der Waals surface area contributed by atoms with Crippen molar-refractivity contribution in [1.29, 1.82) is 0 Å². The van der Waals surface area contributed by atoms with E-state index in [1.165, 1.54) is 88.7 Å². The first-order valence-electron chi connectivity index (χ1n) is 13.5. The molecule has 0 aliphatic heterocycles. The maximum atomic E-state index is 14.1. The summed E-state index contributed by atoms with van der Waals surface area (Å²) in [5.74, 6) is 1.40. The average molecular weight is 491 g/mol. The Bertz CT molecular complexity index is 936. The normalized spacial score (nSPS) is 24.7. The van der Waals surface area contributed by atoms with Crippen LogP contribution in [0.25, 0.3) is 11.1 Å². The van der Waals surface area contributed by atoms with Crippen molar-refractivity contribution in [3.8, 4) is 16.9 Å². The molecule has 0 aromatic heterocycles. The lowest BCUT2D eigenvalue weighted by molar-refractivity contribution is -0.275. The zero-order valence-electron chi connectivity index (χ0n) is 20.8. The predicted octanol–water partition coefficient (Wildman–Crippen LogP) is 10.1. The van der Waals surface area contributed by atoms with E-state index in [9.17, 15) is 17.6 Å². The van der Waals surface area contributed by atoms with Gasteiger partial charge in [-0.15, -0.1) is 13.2 Å². The number of benzene rings is 2. The average Bonchev–Trinajstić information content (AvgIpc) is 2.84. The predicted molar refractivity (Wildman–Crippen MR) is 133 cm³/mol. The lowest BCUT2D eigenvalue weighted by Crippen LogP contribution is -2.30. The minimum absolute atomic E-state index is 0.542. The molecule has 0 N–H and O–H groups in total. The van der Waals surface area contributed by atoms with Gasteiger partial charge in [-0.25, -0.2) is 4.39 Å². The zero-order valence-corrected chi connectivity index (χ0v) is 20.8. The van der Waals surface area contributed by atoms with Crippen LogP contribution >= 0.6 is 0 Å². The van der Waals surface area contributed by atoms with Gasteiger partial charge in [0, 0.05) is 0 Å². The highest BCUT2D eigenvalue weighted by molar-refractivity contribution is 5.64. The highest BCUT2D eigenvalue weighted by Crippen LogP contribution is 2.48. The summed E-state index contributed by atoms with van der Waals surface area (Å²) in [4.78, 5) is 0. The van der Waals surface area contributed by atoms with E-state index < -0.39 is 17.9 Å². The minimum Gasteiger partial charge on any atom is -0.403 e. The summed E-state index contributed by atoms with van der Waals surface area (Å²) < 4.78 is 55.0. The van der Waals surface area contributed by atoms with Gasteiger partial charge in [-0.2, -0.15) is 0 Å². The van der Waals surface area contributed by atoms with Gasteiger partial charge >= 0.3 is 6.36 Å². The van der Waals surface area contributed by atoms with E-state index in [-0.39, 0.29) is 0 Å². The van der Waals surface area contributed by atoms with Crippen LogP contribution in [0.1, 0.15) is 95.5 Å². The molecule has 4 atom stereocenters. The van der Waals surface area contributed by atoms with Gasteiger partial charge in [-0.05, 0) is 84.6 Å². The Morgan fingerprint density at radius 3 is 2.20 bits per heavy atom. The summed E-state index contributed by atoms with van der Waals surface area (Å²) in [7, 11) is 0. The number of unbranched alkanes of at least 4 members (excludes halogenated alkanes) is 4. The number of halogens is 4. The van der Waals surface area contributed by atoms with Crippen LogP contribution in [0.15, 0.2) is 42.5 Å². The van der Waals surface area contributed by atoms with Gasteiger partial charge in [0.15, 0.2) is 11.6 Å². The monoisotopic (exact) mass is 490 g/mol. The van der Waals surface area contributed by atoms with E-state index in [1.807, 2.05) is 12.1 Å². The molecule has 0 saturated heterocycles. The largest absolute Gasteiger partial charge is 0.573 e. The van der Waals surface area contributed by atoms with Crippen molar-refractivity contribution in [2.24, 2.45) is 17.8 Å². The topological polar surface area (TPSA) is 9.23 Å². The maximum Gasteiger partial charge on any atom is 0.573 e. The Morgan fingerprint density at radius 2 is 1.49 bits per heavy atom. The molecule has 2 aliphatic carbocycles. The number of hydrogen-bond donors (Lipinski definition) is 0. The molecular weight excluding hydrogens is 452 g/mol. The Morgan fingerprint density at radius 1 is 0.800 bits per heavy atom. The number of fused-ring (bicyclic) bond motifs is 1. The molecule has 2 aliphatic rings. The van der Waals surface area contributed by atoms with Crippen molar-refractivity contribution in [3.05, 3.63) is 53.8 Å². The molecule has 0 amide bonds. The molecule has 0 radical (unpaired) electrons. The molecule has 192 valence electrons. The summed E-state index contributed by atoms with van der Waals surface area (Å²) in [6.45, 7) is 2.27. The van der Waals surface area contributed by atoms with Crippen molar-refractivity contribution in [2.75, 3.05) is 0 Å². The lowest BCUT2D eigenvalue weighted by Gasteiger charge is -2.42. The van der Waals surface area contributed by atoms with Crippen LogP contribution in [0.2, 0.25) is 0 Å². The summed E-state index contributed by atoms with van der Waals surface area (Å²) in [6, 6.07) is 11.7. The van der Waals surface area contributed by atoms with Crippen LogP contribution in [-0.4, -0.2) is 6.36 Å². The van der Waals surface area contributed by atoms with Crippen molar-refractivity contribution < 1.29 is 22.3 Å². The molecule has 2 fully saturated rings. The van der Waals surface area contributed by atoms with Gasteiger partial charge in [-0.1, -0.05) is 82.2 Å². The summed E-state index contributed by atoms with van der Waals surface area (Å²) in [5.41, 5.74) is 2.65. The highest BCUT2D eigenvalue weighted by atomic mass is 19.4. The van der Waals surface area contributed by atoms with Crippen molar-refractivity contribution in [1.82, 2.24) is 0 Å². The number of ether oxygens (including phenoxy) is 1. The molecule has 2 saturated carbocycles. The first-order valence-corrected chi connectivity index (χ1v) is 13.5. The fraction of sp³-hybridized carbons (Fsp3) is 0.600. The summed E-state index contributed by atoms with van der Waals surface area (Å²) in [6.07, 6.45) is 11.4. The van der Waals surface area contributed by atoms with Gasteiger partial charge in [0.25, 0.3) is 0 Å². The van der Waals surface area contributed by atoms with Crippen LogP contribution in [0.5, 0.6) is 5.75 Å². The van der Waals surface area contributed by atoms with E-state index in [4.69, 9.17) is 0 Å². The fourth-order valence-electron chi connectivity index (χ4n) is 6.42. The van der Waals surface area contributed by atoms with E-state index in [0.717, 1.165) is 35.4 Å². The molecule has 0 spiro atoms. The third-order valence-corrected chi connectivity index (χ3v) is 8.31. The van der Waals surface area contributed by atoms with E-state index in [1.54, 1.807) is 0 Å². The van der Waals surface area contributed by atoms with Crippen LogP contribution in [0, 0.1) is 23.6 Å². The third-order valence-electron chi connectivity index (χ3n) is 8.31. The van der Waals surface area contributed by atoms with Crippen LogP contribution in [0.3, 0.4) is 0 Å². The summed E-state index contributed by atoms with van der Waals surface area (Å²) >= 11 is 0. The van der Waals surface area contributed by atoms with E-state index in [2.05, 4.69) is 23.8 Å². The standard InChI is InChI=1S/C30H38F4O/c1-2-3-4-5-6-7-21-8-9-26-19-25(15-14-24(26)18-21)22-10-12-23(13-11-22)27-16-17-29(28(31)20-27)35-30(32,33)34/h10-13,16-17,20-21,24-26H,2-9,14-15,18-19H2,1H3. The highest BCUT2D eigenvalue weighted by Gasteiger charge is 2.36. The molecule has 0 heterocycles. The first kappa shape index (κ1) is 26.0. The van der Waals surface area contributed by atoms with Gasteiger partial charge in [-0.3, -0.25) is 0 Å². The second-order valence-electron chi connectivity index (χ2n) is 10.7. The van der Waals surface area contributed by atoms with Gasteiger partial charge in [0.1, 0.15) is 0 Å². The number of hydrogen-bond acceptors (Lipinski definition) is 1. The molecule has 35 heavy (non-hydrogen) atoms. The fourth-order valence-corrected chi connectivity index (χ4v) is 6.42. The maximum absolute atomic E-state index is 14.1. The molecule has 2 aromatic carbocycles. The molecule has 4 unspecified atom stereocenters. The van der Waals surface area contributed by atoms with Crippen LogP contribution in [0.4, 0.5) is 17.6 Å². The smallest absolute Gasteiger partial charge is 0.403 e. The first-order chi connectivity index (χ1) is 16.8. The van der Waals surface area contributed by atoms with Gasteiger partial charge in [0.05, 0.1) is 0 Å². The van der Waals surface area contributed by atoms with Crippen LogP contribution in [-0.2, 0) is 0 Å².